The second-order valence-corrected chi connectivity index (χ2v) is 7.67. The molecule has 1 aliphatic rings. The van der Waals surface area contributed by atoms with Crippen LogP contribution < -0.4 is 5.32 Å². The molecule has 0 aliphatic carbocycles. The number of imidazole rings is 1. The lowest BCUT2D eigenvalue weighted by Crippen LogP contribution is -2.42. The number of para-hydroxylation sites is 1. The average Bonchev–Trinajstić information content (AvgIpc) is 3.22. The van der Waals surface area contributed by atoms with Crippen LogP contribution >= 0.6 is 0 Å². The molecular formula is C23H23F3N4O. The summed E-state index contributed by atoms with van der Waals surface area (Å²) in [6.45, 7) is 1.79. The number of hydrogen-bond acceptors (Lipinski definition) is 2. The monoisotopic (exact) mass is 428 g/mol. The highest BCUT2D eigenvalue weighted by Gasteiger charge is 2.34. The van der Waals surface area contributed by atoms with Gasteiger partial charge in [0.15, 0.2) is 0 Å². The summed E-state index contributed by atoms with van der Waals surface area (Å²) in [6, 6.07) is 14.5. The maximum Gasteiger partial charge on any atom is 0.418 e. The smallest absolute Gasteiger partial charge is 0.331 e. The average molecular weight is 428 g/mol. The summed E-state index contributed by atoms with van der Waals surface area (Å²) in [5, 5.41) is 2.43. The van der Waals surface area contributed by atoms with E-state index in [-0.39, 0.29) is 5.69 Å². The van der Waals surface area contributed by atoms with Gasteiger partial charge in [0, 0.05) is 37.6 Å². The van der Waals surface area contributed by atoms with Gasteiger partial charge in [-0.3, -0.25) is 0 Å². The standard InChI is InChI=1S/C23H23F3N4O/c24-23(25,26)19-8-4-5-9-20(19)28-22(31)29-13-10-17(11-14-29)16-30-15-12-27-21(30)18-6-2-1-3-7-18/h1-9,12,15,17H,10-11,13-14,16H2,(H,28,31). The van der Waals surface area contributed by atoms with Gasteiger partial charge < -0.3 is 14.8 Å². The third-order valence-corrected chi connectivity index (χ3v) is 5.58. The molecule has 5 nitrogen and oxygen atoms in total. The largest absolute Gasteiger partial charge is 0.418 e. The van der Waals surface area contributed by atoms with Gasteiger partial charge in [0.25, 0.3) is 0 Å². The first-order valence-electron chi connectivity index (χ1n) is 10.2. The molecule has 31 heavy (non-hydrogen) atoms. The fraction of sp³-hybridized carbons (Fsp3) is 0.304. The molecule has 0 atom stereocenters. The summed E-state index contributed by atoms with van der Waals surface area (Å²) in [7, 11) is 0. The number of carbonyl (C=O) groups excluding carboxylic acids is 1. The second kappa shape index (κ2) is 8.83. The number of amides is 2. The Morgan fingerprint density at radius 1 is 1.03 bits per heavy atom. The van der Waals surface area contributed by atoms with Gasteiger partial charge in [-0.15, -0.1) is 0 Å². The number of hydrogen-bond donors (Lipinski definition) is 1. The summed E-state index contributed by atoms with van der Waals surface area (Å²) in [5.41, 5.74) is -0.00697. The number of likely N-dealkylation sites (tertiary alicyclic amines) is 1. The number of carbonyl (C=O) groups is 1. The van der Waals surface area contributed by atoms with Gasteiger partial charge in [-0.2, -0.15) is 13.2 Å². The Morgan fingerprint density at radius 2 is 1.71 bits per heavy atom. The molecule has 0 spiro atoms. The zero-order valence-corrected chi connectivity index (χ0v) is 16.8. The number of piperidine rings is 1. The molecule has 162 valence electrons. The van der Waals surface area contributed by atoms with E-state index in [1.807, 2.05) is 36.5 Å². The van der Waals surface area contributed by atoms with Crippen LogP contribution in [0.15, 0.2) is 67.0 Å². The first-order valence-corrected chi connectivity index (χ1v) is 10.2. The van der Waals surface area contributed by atoms with Crippen molar-refractivity contribution < 1.29 is 18.0 Å². The second-order valence-electron chi connectivity index (χ2n) is 7.67. The zero-order valence-electron chi connectivity index (χ0n) is 16.8. The van der Waals surface area contributed by atoms with Gasteiger partial charge in [-0.05, 0) is 30.9 Å². The number of anilines is 1. The Labute approximate surface area is 178 Å². The number of urea groups is 1. The first-order chi connectivity index (χ1) is 14.9. The molecule has 1 saturated heterocycles. The molecular weight excluding hydrogens is 405 g/mol. The van der Waals surface area contributed by atoms with Crippen LogP contribution in [-0.2, 0) is 12.7 Å². The van der Waals surface area contributed by atoms with Crippen LogP contribution in [0.2, 0.25) is 0 Å². The van der Waals surface area contributed by atoms with Crippen LogP contribution in [0.1, 0.15) is 18.4 Å². The minimum absolute atomic E-state index is 0.215. The number of nitrogens with one attached hydrogen (secondary N) is 1. The summed E-state index contributed by atoms with van der Waals surface area (Å²) >= 11 is 0. The third-order valence-electron chi connectivity index (χ3n) is 5.58. The van der Waals surface area contributed by atoms with Gasteiger partial charge >= 0.3 is 12.2 Å². The molecule has 2 amide bonds. The van der Waals surface area contributed by atoms with E-state index in [9.17, 15) is 18.0 Å². The summed E-state index contributed by atoms with van der Waals surface area (Å²) in [6.07, 6.45) is 0.776. The number of halogens is 3. The summed E-state index contributed by atoms with van der Waals surface area (Å²) < 4.78 is 41.6. The molecule has 1 fully saturated rings. The number of alkyl halides is 3. The Hall–Kier alpha value is -3.29. The van der Waals surface area contributed by atoms with Gasteiger partial charge in [-0.1, -0.05) is 42.5 Å². The number of aromatic nitrogens is 2. The van der Waals surface area contributed by atoms with Crippen LogP contribution in [0.25, 0.3) is 11.4 Å². The van der Waals surface area contributed by atoms with Gasteiger partial charge in [-0.25, -0.2) is 9.78 Å². The maximum atomic E-state index is 13.2. The Morgan fingerprint density at radius 3 is 2.42 bits per heavy atom. The molecule has 0 unspecified atom stereocenters. The summed E-state index contributed by atoms with van der Waals surface area (Å²) in [5.74, 6) is 1.27. The van der Waals surface area contributed by atoms with Gasteiger partial charge in [0.05, 0.1) is 11.3 Å². The van der Waals surface area contributed by atoms with Crippen molar-refractivity contribution in [2.75, 3.05) is 18.4 Å². The third kappa shape index (κ3) is 4.90. The normalized spacial score (nSPS) is 15.1. The van der Waals surface area contributed by atoms with E-state index in [1.54, 1.807) is 11.1 Å². The Kier molecular flexibility index (Phi) is 5.97. The van der Waals surface area contributed by atoms with E-state index in [2.05, 4.69) is 14.9 Å². The van der Waals surface area contributed by atoms with Crippen molar-refractivity contribution in [2.45, 2.75) is 25.6 Å². The van der Waals surface area contributed by atoms with Crippen LogP contribution in [-0.4, -0.2) is 33.6 Å². The predicted octanol–water partition coefficient (Wildman–Crippen LogP) is 5.51. The van der Waals surface area contributed by atoms with Crippen molar-refractivity contribution in [3.63, 3.8) is 0 Å². The number of benzene rings is 2. The molecule has 0 radical (unpaired) electrons. The number of nitrogens with zero attached hydrogens (tertiary/aromatic N) is 3. The maximum absolute atomic E-state index is 13.2. The Bertz CT molecular complexity index is 1020. The van der Waals surface area contributed by atoms with Crippen molar-refractivity contribution >= 4 is 11.7 Å². The fourth-order valence-electron chi connectivity index (χ4n) is 3.93. The van der Waals surface area contributed by atoms with Crippen LogP contribution in [0.4, 0.5) is 23.7 Å². The van der Waals surface area contributed by atoms with Crippen LogP contribution in [0.5, 0.6) is 0 Å². The van der Waals surface area contributed by atoms with E-state index in [1.165, 1.54) is 18.2 Å². The molecule has 3 aromatic rings. The molecule has 8 heteroatoms. The van der Waals surface area contributed by atoms with Crippen molar-refractivity contribution in [3.8, 4) is 11.4 Å². The lowest BCUT2D eigenvalue weighted by molar-refractivity contribution is -0.136. The highest BCUT2D eigenvalue weighted by molar-refractivity contribution is 5.90. The van der Waals surface area contributed by atoms with Crippen LogP contribution in [0, 0.1) is 5.92 Å². The highest BCUT2D eigenvalue weighted by atomic mass is 19.4. The van der Waals surface area contributed by atoms with E-state index in [0.717, 1.165) is 36.8 Å². The Balaban J connectivity index is 1.35. The minimum Gasteiger partial charge on any atom is -0.331 e. The molecule has 1 N–H and O–H groups in total. The molecule has 1 aliphatic heterocycles. The predicted molar refractivity (Wildman–Crippen MR) is 112 cm³/mol. The zero-order chi connectivity index (χ0) is 21.8. The van der Waals surface area contributed by atoms with Gasteiger partial charge in [0.1, 0.15) is 5.82 Å². The molecule has 4 rings (SSSR count). The SMILES string of the molecule is O=C(Nc1ccccc1C(F)(F)F)N1CCC(Cn2ccnc2-c2ccccc2)CC1. The molecule has 1 aromatic heterocycles. The van der Waals surface area contributed by atoms with E-state index in [0.29, 0.717) is 19.0 Å². The van der Waals surface area contributed by atoms with E-state index in [4.69, 9.17) is 0 Å². The molecule has 0 saturated carbocycles. The van der Waals surface area contributed by atoms with Crippen molar-refractivity contribution in [3.05, 3.63) is 72.6 Å². The topological polar surface area (TPSA) is 50.2 Å². The minimum atomic E-state index is -4.52. The summed E-state index contributed by atoms with van der Waals surface area (Å²) in [4.78, 5) is 18.6. The van der Waals surface area contributed by atoms with E-state index < -0.39 is 17.8 Å². The first kappa shape index (κ1) is 21.0. The molecule has 2 heterocycles. The highest BCUT2D eigenvalue weighted by Crippen LogP contribution is 2.34. The number of rotatable bonds is 4. The fourth-order valence-corrected chi connectivity index (χ4v) is 3.93. The van der Waals surface area contributed by atoms with Gasteiger partial charge in [0.2, 0.25) is 0 Å². The van der Waals surface area contributed by atoms with Crippen molar-refractivity contribution in [2.24, 2.45) is 5.92 Å². The van der Waals surface area contributed by atoms with E-state index >= 15 is 0 Å². The van der Waals surface area contributed by atoms with Crippen LogP contribution in [0.3, 0.4) is 0 Å². The lowest BCUT2D eigenvalue weighted by atomic mass is 9.96. The molecule has 0 bridgehead atoms. The van der Waals surface area contributed by atoms with Crippen molar-refractivity contribution in [1.29, 1.82) is 0 Å². The lowest BCUT2D eigenvalue weighted by Gasteiger charge is -2.32. The molecule has 2 aromatic carbocycles. The van der Waals surface area contributed by atoms with Crippen molar-refractivity contribution in [1.82, 2.24) is 14.5 Å². The quantitative estimate of drug-likeness (QED) is 0.596.